The zero-order valence-corrected chi connectivity index (χ0v) is 9.80. The summed E-state index contributed by atoms with van der Waals surface area (Å²) in [5.41, 5.74) is 6.35. The minimum Gasteiger partial charge on any atom is -0.368 e. The van der Waals surface area contributed by atoms with Crippen LogP contribution in [-0.2, 0) is 0 Å². The largest absolute Gasteiger partial charge is 0.368 e. The van der Waals surface area contributed by atoms with Crippen LogP contribution in [-0.4, -0.2) is 32.8 Å². The second-order valence-electron chi connectivity index (χ2n) is 4.37. The number of H-pyrrole nitrogens is 1. The highest BCUT2D eigenvalue weighted by Crippen LogP contribution is 2.34. The molecule has 0 unspecified atom stereocenters. The molecular weight excluding hydrogens is 230 g/mol. The topological polar surface area (TPSA) is 108 Å². The normalized spacial score (nSPS) is 14.6. The number of anilines is 2. The number of rotatable bonds is 4. The summed E-state index contributed by atoms with van der Waals surface area (Å²) < 4.78 is 0. The van der Waals surface area contributed by atoms with Gasteiger partial charge in [-0.25, -0.2) is 0 Å². The van der Waals surface area contributed by atoms with Crippen LogP contribution >= 0.6 is 0 Å². The summed E-state index contributed by atoms with van der Waals surface area (Å²) in [6, 6.07) is 2.63. The highest BCUT2D eigenvalue weighted by molar-refractivity contribution is 5.87. The third-order valence-electron chi connectivity index (χ3n) is 3.03. The Balaban J connectivity index is 2.04. The maximum atomic E-state index is 8.74. The standard InChI is InChI=1S/C11H13N7/c12-4-1-5-18(7-2-3-7)10-8-6-14-17-9(8)15-11(13)16-10/h6-7H,1-3,5H2,(H3,13,14,15,16,17). The number of nitrogens with one attached hydrogen (secondary N) is 1. The fourth-order valence-corrected chi connectivity index (χ4v) is 2.07. The summed E-state index contributed by atoms with van der Waals surface area (Å²) in [5.74, 6) is 1.01. The highest BCUT2D eigenvalue weighted by atomic mass is 15.3. The lowest BCUT2D eigenvalue weighted by molar-refractivity contribution is 0.782. The lowest BCUT2D eigenvalue weighted by Gasteiger charge is -2.22. The molecule has 1 fully saturated rings. The van der Waals surface area contributed by atoms with Gasteiger partial charge in [0.25, 0.3) is 0 Å². The van der Waals surface area contributed by atoms with Gasteiger partial charge in [-0.1, -0.05) is 0 Å². The molecule has 0 amide bonds. The van der Waals surface area contributed by atoms with Crippen LogP contribution in [0.15, 0.2) is 6.20 Å². The first-order valence-corrected chi connectivity index (χ1v) is 5.90. The maximum Gasteiger partial charge on any atom is 0.224 e. The minimum absolute atomic E-state index is 0.226. The maximum absolute atomic E-state index is 8.74. The average molecular weight is 243 g/mol. The molecule has 7 heteroatoms. The molecular formula is C11H13N7. The smallest absolute Gasteiger partial charge is 0.224 e. The van der Waals surface area contributed by atoms with Crippen LogP contribution in [0.5, 0.6) is 0 Å². The Kier molecular flexibility index (Phi) is 2.48. The van der Waals surface area contributed by atoms with Crippen molar-refractivity contribution in [3.05, 3.63) is 6.20 Å². The summed E-state index contributed by atoms with van der Waals surface area (Å²) >= 11 is 0. The number of nitriles is 1. The molecule has 2 heterocycles. The molecule has 0 bridgehead atoms. The number of aromatic amines is 1. The summed E-state index contributed by atoms with van der Waals surface area (Å²) in [6.45, 7) is 0.665. The van der Waals surface area contributed by atoms with Gasteiger partial charge >= 0.3 is 0 Å². The van der Waals surface area contributed by atoms with Gasteiger partial charge in [0, 0.05) is 12.6 Å². The molecule has 0 radical (unpaired) electrons. The molecule has 0 saturated heterocycles. The van der Waals surface area contributed by atoms with E-state index in [9.17, 15) is 0 Å². The first kappa shape index (κ1) is 10.8. The molecule has 0 atom stereocenters. The van der Waals surface area contributed by atoms with E-state index < -0.39 is 0 Å². The molecule has 1 aliphatic rings. The highest BCUT2D eigenvalue weighted by Gasteiger charge is 2.31. The molecule has 92 valence electrons. The Labute approximate surface area is 104 Å². The van der Waals surface area contributed by atoms with Crippen molar-refractivity contribution in [2.45, 2.75) is 25.3 Å². The van der Waals surface area contributed by atoms with E-state index in [1.807, 2.05) is 0 Å². The number of hydrogen-bond acceptors (Lipinski definition) is 6. The van der Waals surface area contributed by atoms with E-state index in [0.717, 1.165) is 24.0 Å². The Morgan fingerprint density at radius 2 is 2.33 bits per heavy atom. The van der Waals surface area contributed by atoms with Crippen molar-refractivity contribution in [3.63, 3.8) is 0 Å². The second-order valence-corrected chi connectivity index (χ2v) is 4.37. The van der Waals surface area contributed by atoms with Crippen LogP contribution in [0.25, 0.3) is 11.0 Å². The van der Waals surface area contributed by atoms with Gasteiger partial charge in [0.1, 0.15) is 5.82 Å². The SMILES string of the molecule is N#CCCN(c1nc(N)nc2[nH]ncc12)C1CC1. The van der Waals surface area contributed by atoms with E-state index >= 15 is 0 Å². The van der Waals surface area contributed by atoms with Crippen LogP contribution in [0, 0.1) is 11.3 Å². The van der Waals surface area contributed by atoms with Crippen molar-refractivity contribution in [3.8, 4) is 6.07 Å². The van der Waals surface area contributed by atoms with Crippen molar-refractivity contribution in [2.75, 3.05) is 17.2 Å². The average Bonchev–Trinajstić information content (AvgIpc) is 3.08. The van der Waals surface area contributed by atoms with Crippen LogP contribution in [0.3, 0.4) is 0 Å². The van der Waals surface area contributed by atoms with Gasteiger partial charge in [-0.15, -0.1) is 0 Å². The van der Waals surface area contributed by atoms with E-state index in [2.05, 4.69) is 31.1 Å². The lowest BCUT2D eigenvalue weighted by atomic mass is 10.3. The van der Waals surface area contributed by atoms with Crippen LogP contribution < -0.4 is 10.6 Å². The van der Waals surface area contributed by atoms with E-state index in [4.69, 9.17) is 11.0 Å². The second kappa shape index (κ2) is 4.14. The molecule has 0 spiro atoms. The van der Waals surface area contributed by atoms with Gasteiger partial charge in [-0.05, 0) is 12.8 Å². The quantitative estimate of drug-likeness (QED) is 0.823. The van der Waals surface area contributed by atoms with Gasteiger partial charge in [0.15, 0.2) is 5.65 Å². The number of fused-ring (bicyclic) bond motifs is 1. The lowest BCUT2D eigenvalue weighted by Crippen LogP contribution is -2.28. The number of nitrogens with zero attached hydrogens (tertiary/aromatic N) is 5. The minimum atomic E-state index is 0.226. The summed E-state index contributed by atoms with van der Waals surface area (Å²) in [4.78, 5) is 10.5. The van der Waals surface area contributed by atoms with Gasteiger partial charge in [0.05, 0.1) is 24.1 Å². The van der Waals surface area contributed by atoms with E-state index in [1.54, 1.807) is 6.20 Å². The van der Waals surface area contributed by atoms with Gasteiger partial charge in [0.2, 0.25) is 5.95 Å². The molecule has 1 saturated carbocycles. The third-order valence-corrected chi connectivity index (χ3v) is 3.03. The summed E-state index contributed by atoms with van der Waals surface area (Å²) in [6.07, 6.45) is 4.44. The third kappa shape index (κ3) is 1.82. The first-order valence-electron chi connectivity index (χ1n) is 5.90. The molecule has 3 rings (SSSR count). The van der Waals surface area contributed by atoms with Crippen LogP contribution in [0.4, 0.5) is 11.8 Å². The molecule has 1 aliphatic carbocycles. The summed E-state index contributed by atoms with van der Waals surface area (Å²) in [5, 5.41) is 16.4. The Bertz CT molecular complexity index is 607. The Morgan fingerprint density at radius 3 is 3.06 bits per heavy atom. The number of hydrogen-bond donors (Lipinski definition) is 2. The molecule has 7 nitrogen and oxygen atoms in total. The fraction of sp³-hybridized carbons (Fsp3) is 0.455. The first-order chi connectivity index (χ1) is 8.79. The number of nitrogen functional groups attached to an aromatic ring is 1. The van der Waals surface area contributed by atoms with E-state index in [-0.39, 0.29) is 5.95 Å². The molecule has 0 aromatic carbocycles. The van der Waals surface area contributed by atoms with Crippen molar-refractivity contribution in [2.24, 2.45) is 0 Å². The number of aromatic nitrogens is 4. The molecule has 3 N–H and O–H groups in total. The van der Waals surface area contributed by atoms with Gasteiger partial charge in [-0.2, -0.15) is 20.3 Å². The van der Waals surface area contributed by atoms with Gasteiger partial charge < -0.3 is 10.6 Å². The van der Waals surface area contributed by atoms with Crippen molar-refractivity contribution < 1.29 is 0 Å². The van der Waals surface area contributed by atoms with Crippen LogP contribution in [0.1, 0.15) is 19.3 Å². The fourth-order valence-electron chi connectivity index (χ4n) is 2.07. The van der Waals surface area contributed by atoms with Crippen molar-refractivity contribution in [1.82, 2.24) is 20.2 Å². The molecule has 18 heavy (non-hydrogen) atoms. The Morgan fingerprint density at radius 1 is 1.50 bits per heavy atom. The van der Waals surface area contributed by atoms with Crippen molar-refractivity contribution >= 4 is 22.8 Å². The predicted molar refractivity (Wildman–Crippen MR) is 66.7 cm³/mol. The molecule has 0 aliphatic heterocycles. The van der Waals surface area contributed by atoms with Crippen molar-refractivity contribution in [1.29, 1.82) is 5.26 Å². The molecule has 2 aromatic heterocycles. The Hall–Kier alpha value is -2.36. The monoisotopic (exact) mass is 243 g/mol. The van der Waals surface area contributed by atoms with E-state index in [1.165, 1.54) is 0 Å². The molecule has 2 aromatic rings. The predicted octanol–water partition coefficient (Wildman–Crippen LogP) is 0.818. The zero-order chi connectivity index (χ0) is 12.5. The van der Waals surface area contributed by atoms with Crippen LogP contribution in [0.2, 0.25) is 0 Å². The summed E-state index contributed by atoms with van der Waals surface area (Å²) in [7, 11) is 0. The number of nitrogens with two attached hydrogens (primary N) is 1. The van der Waals surface area contributed by atoms with E-state index in [0.29, 0.717) is 24.7 Å². The zero-order valence-electron chi connectivity index (χ0n) is 9.80. The van der Waals surface area contributed by atoms with Gasteiger partial charge in [-0.3, -0.25) is 5.10 Å².